The fourth-order valence-electron chi connectivity index (χ4n) is 6.15. The zero-order valence-electron chi connectivity index (χ0n) is 29.4. The second kappa shape index (κ2) is 35.2. The van der Waals surface area contributed by atoms with Crippen LogP contribution < -0.4 is 4.89 Å². The smallest absolute Gasteiger partial charge is 0.489 e. The number of carbonyl (C=O) groups excluding carboxylic acids is 2. The van der Waals surface area contributed by atoms with Crippen molar-refractivity contribution in [2.24, 2.45) is 0 Å². The van der Waals surface area contributed by atoms with Gasteiger partial charge in [0, 0.05) is 19.3 Å². The largest absolute Gasteiger partial charge is 0.566 e. The number of hydrogen-bond donors (Lipinski definition) is 0. The summed E-state index contributed by atoms with van der Waals surface area (Å²) in [4.78, 5) is 36.2. The average molecular weight is 641 g/mol. The Balaban J connectivity index is 3.74. The third-order valence-corrected chi connectivity index (χ3v) is 9.50. The van der Waals surface area contributed by atoms with Crippen LogP contribution >= 0.6 is 8.25 Å². The van der Waals surface area contributed by atoms with E-state index in [1.54, 1.807) is 0 Å². The van der Waals surface area contributed by atoms with Crippen molar-refractivity contribution in [3.05, 3.63) is 0 Å². The third-order valence-electron chi connectivity index (χ3n) is 9.07. The Labute approximate surface area is 274 Å². The second-order valence-corrected chi connectivity index (χ2v) is 14.1. The molecule has 0 amide bonds. The Morgan fingerprint density at radius 3 is 1.05 bits per heavy atom. The molecule has 0 saturated carbocycles. The molecule has 2 unspecified atom stereocenters. The van der Waals surface area contributed by atoms with Crippen molar-refractivity contribution in [1.29, 1.82) is 0 Å². The molecule has 0 aromatic carbocycles. The van der Waals surface area contributed by atoms with Crippen molar-refractivity contribution in [3.63, 3.8) is 0 Å². The molecule has 0 aliphatic rings. The minimum atomic E-state index is -3.15. The first-order valence-electron chi connectivity index (χ1n) is 19.4. The Morgan fingerprint density at radius 2 is 0.750 bits per heavy atom. The predicted octanol–water partition coefficient (Wildman–Crippen LogP) is 12.4. The van der Waals surface area contributed by atoms with Gasteiger partial charge in [-0.15, -0.1) is 4.52 Å². The summed E-state index contributed by atoms with van der Waals surface area (Å²) in [6.07, 6.45) is 37.4. The normalized spacial score (nSPS) is 12.5. The van der Waals surface area contributed by atoms with Gasteiger partial charge >= 0.3 is 8.25 Å². The van der Waals surface area contributed by atoms with Crippen LogP contribution in [0.25, 0.3) is 0 Å². The van der Waals surface area contributed by atoms with E-state index in [0.717, 1.165) is 38.5 Å². The molecule has 0 heterocycles. The Morgan fingerprint density at radius 1 is 0.477 bits per heavy atom. The topological polar surface area (TPSA) is 83.5 Å². The number of ketones is 2. The molecule has 0 N–H and O–H groups in total. The van der Waals surface area contributed by atoms with Crippen LogP contribution in [0, 0.1) is 0 Å². The number of Topliss-reactive ketones (excluding diaryl/α,β-unsaturated/α-hetero) is 2. The van der Waals surface area contributed by atoms with Gasteiger partial charge in [0.05, 0.1) is 0 Å². The molecule has 6 heteroatoms. The number of hydrogen-bond acceptors (Lipinski definition) is 5. The summed E-state index contributed by atoms with van der Waals surface area (Å²) in [5.74, 6) is -0.310. The molecule has 2 atom stereocenters. The van der Waals surface area contributed by atoms with E-state index in [0.29, 0.717) is 12.8 Å². The maximum Gasteiger partial charge on any atom is 0.489 e. The third kappa shape index (κ3) is 32.7. The Kier molecular flexibility index (Phi) is 34.7. The number of rotatable bonds is 37. The molecule has 0 bridgehead atoms. The fourth-order valence-corrected chi connectivity index (χ4v) is 6.55. The van der Waals surface area contributed by atoms with Crippen LogP contribution in [0.5, 0.6) is 0 Å². The van der Waals surface area contributed by atoms with E-state index in [1.807, 2.05) is 0 Å². The summed E-state index contributed by atoms with van der Waals surface area (Å²) >= 11 is 0. The van der Waals surface area contributed by atoms with Crippen molar-refractivity contribution in [2.75, 3.05) is 0 Å². The molecule has 0 aliphatic heterocycles. The van der Waals surface area contributed by atoms with E-state index in [-0.39, 0.29) is 18.0 Å². The summed E-state index contributed by atoms with van der Waals surface area (Å²) in [6, 6.07) is 0. The molecular formula is C38H73O5P. The van der Waals surface area contributed by atoms with E-state index in [4.69, 9.17) is 4.52 Å². The highest BCUT2D eigenvalue weighted by Gasteiger charge is 2.27. The van der Waals surface area contributed by atoms with Crippen LogP contribution in [0.3, 0.4) is 0 Å². The van der Waals surface area contributed by atoms with Gasteiger partial charge in [-0.3, -0.25) is 9.59 Å². The van der Waals surface area contributed by atoms with E-state index in [9.17, 15) is 19.0 Å². The predicted molar refractivity (Wildman–Crippen MR) is 186 cm³/mol. The van der Waals surface area contributed by atoms with Crippen LogP contribution in [-0.4, -0.2) is 17.7 Å². The van der Waals surface area contributed by atoms with Crippen LogP contribution in [0.2, 0.25) is 0 Å². The van der Waals surface area contributed by atoms with Gasteiger partial charge in [0.25, 0.3) is 0 Å². The molecule has 0 spiro atoms. The van der Waals surface area contributed by atoms with Gasteiger partial charge in [-0.1, -0.05) is 194 Å². The van der Waals surface area contributed by atoms with Crippen molar-refractivity contribution < 1.29 is 23.6 Å². The average Bonchev–Trinajstić information content (AvgIpc) is 3.00. The minimum absolute atomic E-state index is 0.0635. The standard InChI is InChI=1S/C38H73O5P/c1-3-5-7-9-11-13-15-17-19-21-23-25-27-29-31-33-36(39)35-38(43-44(41)42)37(40)34-32-30-28-26-24-22-20-18-16-14-12-10-8-6-4-2/h38H,3-35H2,1-2H3. The molecular weight excluding hydrogens is 567 g/mol. The van der Waals surface area contributed by atoms with E-state index >= 15 is 0 Å². The Hall–Kier alpha value is -0.640. The van der Waals surface area contributed by atoms with Crippen molar-refractivity contribution in [3.8, 4) is 0 Å². The molecule has 0 radical (unpaired) electrons. The fraction of sp³-hybridized carbons (Fsp3) is 0.947. The summed E-state index contributed by atoms with van der Waals surface area (Å²) in [6.45, 7) is 4.53. The van der Waals surface area contributed by atoms with Crippen molar-refractivity contribution in [2.45, 2.75) is 232 Å². The molecule has 0 fully saturated rings. The van der Waals surface area contributed by atoms with Gasteiger partial charge < -0.3 is 4.89 Å². The lowest BCUT2D eigenvalue weighted by atomic mass is 9.99. The molecule has 5 nitrogen and oxygen atoms in total. The van der Waals surface area contributed by atoms with Crippen LogP contribution in [0.1, 0.15) is 226 Å². The van der Waals surface area contributed by atoms with Crippen molar-refractivity contribution >= 4 is 19.8 Å². The second-order valence-electron chi connectivity index (χ2n) is 13.4. The molecule has 0 saturated heterocycles. The number of unbranched alkanes of at least 4 members (excludes halogenated alkanes) is 28. The SMILES string of the molecule is CCCCCCCCCCCCCCCCCC(=O)CC(O[P+](=O)[O-])C(=O)CCCCCCCCCCCCCCCCC. The lowest BCUT2D eigenvalue weighted by Crippen LogP contribution is -2.26. The molecule has 0 aliphatic carbocycles. The van der Waals surface area contributed by atoms with Gasteiger partial charge in [0.1, 0.15) is 5.78 Å². The molecule has 0 rings (SSSR count). The first kappa shape index (κ1) is 43.4. The summed E-state index contributed by atoms with van der Waals surface area (Å²) < 4.78 is 16.0. The monoisotopic (exact) mass is 641 g/mol. The number of carbonyl (C=O) groups is 2. The lowest BCUT2D eigenvalue weighted by Gasteiger charge is -2.10. The molecule has 44 heavy (non-hydrogen) atoms. The van der Waals surface area contributed by atoms with Gasteiger partial charge in [-0.05, 0) is 17.4 Å². The van der Waals surface area contributed by atoms with Gasteiger partial charge in [0.2, 0.25) is 0 Å². The molecule has 260 valence electrons. The maximum atomic E-state index is 12.6. The quantitative estimate of drug-likeness (QED) is 0.0498. The van der Waals surface area contributed by atoms with Gasteiger partial charge in [-0.2, -0.15) is 0 Å². The van der Waals surface area contributed by atoms with Crippen LogP contribution in [0.15, 0.2) is 0 Å². The maximum absolute atomic E-state index is 12.6. The summed E-state index contributed by atoms with van der Waals surface area (Å²) in [5, 5.41) is 0. The van der Waals surface area contributed by atoms with Crippen LogP contribution in [0.4, 0.5) is 0 Å². The first-order valence-corrected chi connectivity index (χ1v) is 20.5. The van der Waals surface area contributed by atoms with Gasteiger partial charge in [0.15, 0.2) is 11.9 Å². The first-order chi connectivity index (χ1) is 21.5. The highest BCUT2D eigenvalue weighted by atomic mass is 31.1. The molecule has 0 aromatic rings. The van der Waals surface area contributed by atoms with E-state index in [1.165, 1.54) is 154 Å². The van der Waals surface area contributed by atoms with Crippen LogP contribution in [-0.2, 0) is 18.7 Å². The zero-order chi connectivity index (χ0) is 32.4. The zero-order valence-corrected chi connectivity index (χ0v) is 30.3. The van der Waals surface area contributed by atoms with Crippen molar-refractivity contribution in [1.82, 2.24) is 0 Å². The summed E-state index contributed by atoms with van der Waals surface area (Å²) in [5.41, 5.74) is 0. The summed E-state index contributed by atoms with van der Waals surface area (Å²) in [7, 11) is -3.15. The lowest BCUT2D eigenvalue weighted by molar-refractivity contribution is -0.190. The van der Waals surface area contributed by atoms with Gasteiger partial charge in [-0.25, -0.2) is 0 Å². The minimum Gasteiger partial charge on any atom is -0.566 e. The van der Waals surface area contributed by atoms with E-state index < -0.39 is 14.4 Å². The van der Waals surface area contributed by atoms with E-state index in [2.05, 4.69) is 13.8 Å². The highest BCUT2D eigenvalue weighted by molar-refractivity contribution is 7.30. The highest BCUT2D eigenvalue weighted by Crippen LogP contribution is 2.21. The Bertz CT molecular complexity index is 653. The molecule has 0 aromatic heterocycles.